The van der Waals surface area contributed by atoms with Gasteiger partial charge in [-0.05, 0) is 31.7 Å². The van der Waals surface area contributed by atoms with Crippen molar-refractivity contribution in [2.75, 3.05) is 0 Å². The molecular weight excluding hydrogens is 148 g/mol. The minimum Gasteiger partial charge on any atom is -0.390 e. The number of hydrogen-bond donors (Lipinski definition) is 1. The molecule has 0 fully saturated rings. The zero-order valence-corrected chi connectivity index (χ0v) is 7.46. The average molecular weight is 163 g/mol. The molecule has 0 amide bonds. The highest BCUT2D eigenvalue weighted by Crippen LogP contribution is 2.07. The van der Waals surface area contributed by atoms with E-state index in [0.717, 1.165) is 19.3 Å². The van der Waals surface area contributed by atoms with Crippen molar-refractivity contribution in [1.82, 2.24) is 0 Å². The van der Waals surface area contributed by atoms with Crippen molar-refractivity contribution < 1.29 is 5.11 Å². The summed E-state index contributed by atoms with van der Waals surface area (Å²) in [5.41, 5.74) is 2.65. The van der Waals surface area contributed by atoms with Crippen LogP contribution >= 0.6 is 0 Å². The van der Waals surface area contributed by atoms with Crippen LogP contribution in [0, 0.1) is 13.5 Å². The number of hydrogen-bond acceptors (Lipinski definition) is 1. The van der Waals surface area contributed by atoms with Crippen LogP contribution in [0.5, 0.6) is 0 Å². The Morgan fingerprint density at radius 2 is 1.92 bits per heavy atom. The van der Waals surface area contributed by atoms with Crippen molar-refractivity contribution in [2.24, 2.45) is 0 Å². The van der Waals surface area contributed by atoms with E-state index in [-0.39, 0.29) is 0 Å². The maximum Gasteiger partial charge on any atom is 0.0799 e. The van der Waals surface area contributed by atoms with E-state index in [2.05, 4.69) is 31.2 Å². The zero-order chi connectivity index (χ0) is 8.81. The highest BCUT2D eigenvalue weighted by atomic mass is 16.2. The second-order valence-electron chi connectivity index (χ2n) is 3.06. The summed E-state index contributed by atoms with van der Waals surface area (Å²) >= 11 is 0. The fraction of sp³-hybridized carbons (Fsp3) is 0.364. The van der Waals surface area contributed by atoms with Gasteiger partial charge >= 0.3 is 0 Å². The summed E-state index contributed by atoms with van der Waals surface area (Å²) in [4.78, 5) is 0. The lowest BCUT2D eigenvalue weighted by Crippen LogP contribution is -1.85. The van der Waals surface area contributed by atoms with E-state index in [0.29, 0.717) is 0 Å². The van der Waals surface area contributed by atoms with Gasteiger partial charge in [0.2, 0.25) is 0 Å². The summed E-state index contributed by atoms with van der Waals surface area (Å²) in [6, 6.07) is 8.54. The molecule has 1 aromatic rings. The predicted molar refractivity (Wildman–Crippen MR) is 50.4 cm³/mol. The van der Waals surface area contributed by atoms with Crippen LogP contribution in [0.4, 0.5) is 0 Å². The number of rotatable bonds is 4. The quantitative estimate of drug-likeness (QED) is 0.677. The molecule has 1 radical (unpaired) electrons. The first-order chi connectivity index (χ1) is 5.83. The first-order valence-corrected chi connectivity index (χ1v) is 4.34. The Morgan fingerprint density at radius 3 is 2.50 bits per heavy atom. The molecule has 1 aromatic carbocycles. The van der Waals surface area contributed by atoms with Crippen LogP contribution in [0.1, 0.15) is 24.0 Å². The Bertz CT molecular complexity index is 213. The van der Waals surface area contributed by atoms with Gasteiger partial charge < -0.3 is 5.11 Å². The molecule has 1 nitrogen and oxygen atoms in total. The average Bonchev–Trinajstić information content (AvgIpc) is 2.09. The van der Waals surface area contributed by atoms with E-state index >= 15 is 0 Å². The zero-order valence-electron chi connectivity index (χ0n) is 7.46. The van der Waals surface area contributed by atoms with Gasteiger partial charge in [-0.3, -0.25) is 0 Å². The first-order valence-electron chi connectivity index (χ1n) is 4.34. The van der Waals surface area contributed by atoms with E-state index in [1.165, 1.54) is 17.7 Å². The van der Waals surface area contributed by atoms with Gasteiger partial charge in [0.15, 0.2) is 0 Å². The van der Waals surface area contributed by atoms with Crippen molar-refractivity contribution in [3.63, 3.8) is 0 Å². The largest absolute Gasteiger partial charge is 0.390 e. The number of aliphatic hydroxyl groups excluding tert-OH is 1. The second kappa shape index (κ2) is 4.94. The minimum absolute atomic E-state index is 0.786. The maximum atomic E-state index is 8.46. The topological polar surface area (TPSA) is 20.2 Å². The number of aliphatic hydroxyl groups is 1. The summed E-state index contributed by atoms with van der Waals surface area (Å²) < 4.78 is 0. The fourth-order valence-corrected chi connectivity index (χ4v) is 1.15. The molecule has 1 rings (SSSR count). The van der Waals surface area contributed by atoms with Gasteiger partial charge in [0.1, 0.15) is 0 Å². The molecule has 0 unspecified atom stereocenters. The summed E-state index contributed by atoms with van der Waals surface area (Å²) in [5, 5.41) is 8.46. The number of aryl methyl sites for hydroxylation is 2. The maximum absolute atomic E-state index is 8.46. The van der Waals surface area contributed by atoms with E-state index in [1.807, 2.05) is 0 Å². The van der Waals surface area contributed by atoms with Crippen LogP contribution in [0.15, 0.2) is 24.3 Å². The van der Waals surface area contributed by atoms with Gasteiger partial charge in [-0.1, -0.05) is 29.8 Å². The minimum atomic E-state index is 0.786. The van der Waals surface area contributed by atoms with E-state index < -0.39 is 0 Å². The van der Waals surface area contributed by atoms with Crippen LogP contribution < -0.4 is 0 Å². The van der Waals surface area contributed by atoms with E-state index in [1.54, 1.807) is 0 Å². The Kier molecular flexibility index (Phi) is 3.81. The van der Waals surface area contributed by atoms with Gasteiger partial charge in [-0.15, -0.1) is 0 Å². The van der Waals surface area contributed by atoms with Gasteiger partial charge in [0, 0.05) is 0 Å². The molecule has 0 spiro atoms. The summed E-state index contributed by atoms with van der Waals surface area (Å²) in [6.07, 6.45) is 2.87. The molecule has 0 heterocycles. The third kappa shape index (κ3) is 3.05. The Hall–Kier alpha value is -0.820. The molecular formula is C11H15O. The molecule has 0 saturated carbocycles. The van der Waals surface area contributed by atoms with Crippen LogP contribution in [-0.2, 0) is 6.42 Å². The molecule has 1 N–H and O–H groups in total. The molecule has 0 atom stereocenters. The molecule has 0 aliphatic carbocycles. The molecule has 65 valence electrons. The van der Waals surface area contributed by atoms with E-state index in [4.69, 9.17) is 5.11 Å². The van der Waals surface area contributed by atoms with Crippen LogP contribution in [0.25, 0.3) is 0 Å². The lowest BCUT2D eigenvalue weighted by molar-refractivity contribution is 0.370. The predicted octanol–water partition coefficient (Wildman–Crippen LogP) is 2.85. The monoisotopic (exact) mass is 163 g/mol. The van der Waals surface area contributed by atoms with Gasteiger partial charge in [-0.2, -0.15) is 0 Å². The smallest absolute Gasteiger partial charge is 0.0799 e. The molecule has 0 aliphatic rings. The van der Waals surface area contributed by atoms with Gasteiger partial charge in [0.25, 0.3) is 0 Å². The van der Waals surface area contributed by atoms with Crippen LogP contribution in [0.2, 0.25) is 0 Å². The second-order valence-corrected chi connectivity index (χ2v) is 3.06. The highest BCUT2D eigenvalue weighted by molar-refractivity contribution is 5.21. The molecule has 1 heteroatoms. The summed E-state index contributed by atoms with van der Waals surface area (Å²) in [7, 11) is 0. The van der Waals surface area contributed by atoms with Gasteiger partial charge in [0.05, 0.1) is 6.61 Å². The fourth-order valence-electron chi connectivity index (χ4n) is 1.15. The first kappa shape index (κ1) is 9.27. The van der Waals surface area contributed by atoms with Crippen molar-refractivity contribution in [3.05, 3.63) is 42.0 Å². The third-order valence-electron chi connectivity index (χ3n) is 1.92. The molecule has 0 bridgehead atoms. The Labute approximate surface area is 74.1 Å². The lowest BCUT2D eigenvalue weighted by atomic mass is 10.1. The molecule has 0 saturated heterocycles. The SMILES string of the molecule is Cc1ccc(CCC[CH]O)cc1. The Balaban J connectivity index is 2.37. The third-order valence-corrected chi connectivity index (χ3v) is 1.92. The summed E-state index contributed by atoms with van der Waals surface area (Å²) in [5.74, 6) is 0. The molecule has 0 aliphatic heterocycles. The van der Waals surface area contributed by atoms with Crippen molar-refractivity contribution >= 4 is 0 Å². The standard InChI is InChI=1S/C11H15O/c1-10-5-7-11(8-6-10)4-2-3-9-12/h5-9,12H,2-4H2,1H3. The van der Waals surface area contributed by atoms with Crippen LogP contribution in [-0.4, -0.2) is 5.11 Å². The van der Waals surface area contributed by atoms with Crippen LogP contribution in [0.3, 0.4) is 0 Å². The molecule has 12 heavy (non-hydrogen) atoms. The van der Waals surface area contributed by atoms with Crippen molar-refractivity contribution in [2.45, 2.75) is 26.2 Å². The normalized spacial score (nSPS) is 10.2. The summed E-state index contributed by atoms with van der Waals surface area (Å²) in [6.45, 7) is 3.32. The number of unbranched alkanes of at least 4 members (excludes halogenated alkanes) is 1. The number of benzene rings is 1. The lowest BCUT2D eigenvalue weighted by Gasteiger charge is -1.99. The van der Waals surface area contributed by atoms with Gasteiger partial charge in [-0.25, -0.2) is 0 Å². The van der Waals surface area contributed by atoms with Crippen molar-refractivity contribution in [1.29, 1.82) is 0 Å². The van der Waals surface area contributed by atoms with E-state index in [9.17, 15) is 0 Å². The van der Waals surface area contributed by atoms with Crippen molar-refractivity contribution in [3.8, 4) is 0 Å². The molecule has 0 aromatic heterocycles. The Morgan fingerprint density at radius 1 is 1.25 bits per heavy atom. The highest BCUT2D eigenvalue weighted by Gasteiger charge is 1.92.